The molecule has 2 aromatic rings. The molecule has 1 fully saturated rings. The minimum atomic E-state index is -0.127. The number of rotatable bonds is 4. The van der Waals surface area contributed by atoms with E-state index >= 15 is 0 Å². The van der Waals surface area contributed by atoms with Crippen LogP contribution in [0.3, 0.4) is 0 Å². The molecule has 1 atom stereocenters. The fourth-order valence-corrected chi connectivity index (χ4v) is 3.33. The Balaban J connectivity index is 1.77. The Bertz CT molecular complexity index is 776. The van der Waals surface area contributed by atoms with Crippen LogP contribution >= 0.6 is 0 Å². The molecule has 1 aliphatic heterocycles. The van der Waals surface area contributed by atoms with Gasteiger partial charge in [0.15, 0.2) is 0 Å². The second kappa shape index (κ2) is 8.15. The van der Waals surface area contributed by atoms with Gasteiger partial charge in [0.05, 0.1) is 0 Å². The van der Waals surface area contributed by atoms with Crippen molar-refractivity contribution in [1.82, 2.24) is 10.2 Å². The van der Waals surface area contributed by atoms with Crippen LogP contribution in [0.5, 0.6) is 0 Å². The minimum absolute atomic E-state index is 0.0121. The number of hydrogen-bond donors (Lipinski definition) is 1. The fourth-order valence-electron chi connectivity index (χ4n) is 3.33. The van der Waals surface area contributed by atoms with Crippen LogP contribution in [0.25, 0.3) is 0 Å². The summed E-state index contributed by atoms with van der Waals surface area (Å²) in [5, 5.41) is 3.25. The summed E-state index contributed by atoms with van der Waals surface area (Å²) in [5.41, 5.74) is 1.90. The third kappa shape index (κ3) is 3.94. The predicted octanol–water partition coefficient (Wildman–Crippen LogP) is 2.79. The molecular weight excluding hydrogens is 326 g/mol. The number of nitrogens with one attached hydrogen (secondary N) is 1. The Morgan fingerprint density at radius 3 is 2.54 bits per heavy atom. The molecule has 5 heteroatoms. The molecule has 0 aromatic heterocycles. The zero-order valence-corrected chi connectivity index (χ0v) is 15.3. The third-order valence-electron chi connectivity index (χ3n) is 4.92. The average molecular weight is 351 g/mol. The molecule has 1 heterocycles. The van der Waals surface area contributed by atoms with Gasteiger partial charge in [0, 0.05) is 43.0 Å². The summed E-state index contributed by atoms with van der Waals surface area (Å²) >= 11 is 0. The number of hydrogen-bond acceptors (Lipinski definition) is 3. The lowest BCUT2D eigenvalue weighted by molar-refractivity contribution is 0.0698. The zero-order valence-electron chi connectivity index (χ0n) is 15.3. The van der Waals surface area contributed by atoms with Crippen LogP contribution in [-0.4, -0.2) is 49.9 Å². The molecule has 1 unspecified atom stereocenters. The molecule has 0 saturated carbocycles. The maximum Gasteiger partial charge on any atom is 0.258 e. The van der Waals surface area contributed by atoms with E-state index in [1.807, 2.05) is 42.3 Å². The Morgan fingerprint density at radius 1 is 1.08 bits per heavy atom. The highest BCUT2D eigenvalue weighted by Crippen LogP contribution is 2.18. The highest BCUT2D eigenvalue weighted by molar-refractivity contribution is 6.07. The van der Waals surface area contributed by atoms with Crippen molar-refractivity contribution < 1.29 is 9.59 Å². The van der Waals surface area contributed by atoms with E-state index in [9.17, 15) is 9.59 Å². The first-order chi connectivity index (χ1) is 12.6. The molecule has 2 aromatic carbocycles. The smallest absolute Gasteiger partial charge is 0.258 e. The number of likely N-dealkylation sites (N-methyl/N-ethyl adjacent to an activating group) is 1. The van der Waals surface area contributed by atoms with Crippen LogP contribution in [0.15, 0.2) is 54.6 Å². The number of nitrogens with zero attached hydrogens (tertiary/aromatic N) is 2. The van der Waals surface area contributed by atoms with Crippen molar-refractivity contribution >= 4 is 17.5 Å². The number of anilines is 1. The minimum Gasteiger partial charge on any atom is -0.337 e. The Hall–Kier alpha value is -2.66. The molecule has 2 amide bonds. The average Bonchev–Trinajstić information content (AvgIpc) is 2.72. The summed E-state index contributed by atoms with van der Waals surface area (Å²) in [5.74, 6) is -0.139. The quantitative estimate of drug-likeness (QED) is 0.922. The second-order valence-corrected chi connectivity index (χ2v) is 6.66. The van der Waals surface area contributed by atoms with Gasteiger partial charge < -0.3 is 15.1 Å². The summed E-state index contributed by atoms with van der Waals surface area (Å²) in [6.45, 7) is 1.47. The Morgan fingerprint density at radius 2 is 1.81 bits per heavy atom. The van der Waals surface area contributed by atoms with Crippen molar-refractivity contribution in [2.45, 2.75) is 18.9 Å². The summed E-state index contributed by atoms with van der Waals surface area (Å²) in [7, 11) is 3.67. The molecule has 1 N–H and O–H groups in total. The highest BCUT2D eigenvalue weighted by atomic mass is 16.2. The van der Waals surface area contributed by atoms with E-state index in [4.69, 9.17) is 0 Å². The number of benzene rings is 2. The van der Waals surface area contributed by atoms with Crippen molar-refractivity contribution in [1.29, 1.82) is 0 Å². The van der Waals surface area contributed by atoms with Crippen LogP contribution < -0.4 is 10.2 Å². The predicted molar refractivity (Wildman–Crippen MR) is 104 cm³/mol. The molecule has 136 valence electrons. The number of carbonyl (C=O) groups is 2. The van der Waals surface area contributed by atoms with E-state index in [1.54, 1.807) is 36.2 Å². The fraction of sp³-hybridized carbons (Fsp3) is 0.333. The van der Waals surface area contributed by atoms with Gasteiger partial charge in [-0.25, -0.2) is 0 Å². The van der Waals surface area contributed by atoms with E-state index in [0.717, 1.165) is 25.1 Å². The van der Waals surface area contributed by atoms with Crippen LogP contribution in [-0.2, 0) is 0 Å². The molecule has 1 aliphatic rings. The SMILES string of the molecule is CNC1CCCN(C(=O)c2cccc(C(=O)N(C)c3ccccc3)c2)C1. The lowest BCUT2D eigenvalue weighted by Gasteiger charge is -2.32. The van der Waals surface area contributed by atoms with E-state index in [2.05, 4.69) is 5.32 Å². The van der Waals surface area contributed by atoms with Crippen molar-refractivity contribution in [3.63, 3.8) is 0 Å². The van der Waals surface area contributed by atoms with E-state index < -0.39 is 0 Å². The summed E-state index contributed by atoms with van der Waals surface area (Å²) in [6, 6.07) is 16.8. The zero-order chi connectivity index (χ0) is 18.5. The van der Waals surface area contributed by atoms with Gasteiger partial charge in [-0.2, -0.15) is 0 Å². The van der Waals surface area contributed by atoms with Gasteiger partial charge in [-0.1, -0.05) is 24.3 Å². The van der Waals surface area contributed by atoms with Gasteiger partial charge in [0.2, 0.25) is 0 Å². The molecule has 0 bridgehead atoms. The van der Waals surface area contributed by atoms with Crippen LogP contribution in [0.1, 0.15) is 33.6 Å². The number of piperidine rings is 1. The normalized spacial score (nSPS) is 17.0. The van der Waals surface area contributed by atoms with Gasteiger partial charge in [-0.3, -0.25) is 9.59 Å². The third-order valence-corrected chi connectivity index (χ3v) is 4.92. The Kier molecular flexibility index (Phi) is 5.68. The molecule has 0 spiro atoms. The van der Waals surface area contributed by atoms with Crippen molar-refractivity contribution in [3.05, 3.63) is 65.7 Å². The maximum absolute atomic E-state index is 12.8. The molecule has 26 heavy (non-hydrogen) atoms. The van der Waals surface area contributed by atoms with Crippen molar-refractivity contribution in [3.8, 4) is 0 Å². The number of likely N-dealkylation sites (tertiary alicyclic amines) is 1. The Labute approximate surface area is 154 Å². The number of para-hydroxylation sites is 1. The molecule has 1 saturated heterocycles. The second-order valence-electron chi connectivity index (χ2n) is 6.66. The first-order valence-electron chi connectivity index (χ1n) is 9.00. The monoisotopic (exact) mass is 351 g/mol. The first-order valence-corrected chi connectivity index (χ1v) is 9.00. The first kappa shape index (κ1) is 18.1. The largest absolute Gasteiger partial charge is 0.337 e. The van der Waals surface area contributed by atoms with E-state index in [0.29, 0.717) is 23.7 Å². The van der Waals surface area contributed by atoms with Crippen LogP contribution in [0, 0.1) is 0 Å². The molecule has 0 radical (unpaired) electrons. The topological polar surface area (TPSA) is 52.7 Å². The van der Waals surface area contributed by atoms with Crippen molar-refractivity contribution in [2.24, 2.45) is 0 Å². The van der Waals surface area contributed by atoms with E-state index in [1.165, 1.54) is 0 Å². The highest BCUT2D eigenvalue weighted by Gasteiger charge is 2.24. The van der Waals surface area contributed by atoms with Crippen LogP contribution in [0.2, 0.25) is 0 Å². The van der Waals surface area contributed by atoms with Crippen molar-refractivity contribution in [2.75, 3.05) is 32.1 Å². The van der Waals surface area contributed by atoms with Gasteiger partial charge in [-0.15, -0.1) is 0 Å². The molecule has 3 rings (SSSR count). The van der Waals surface area contributed by atoms with Crippen LogP contribution in [0.4, 0.5) is 5.69 Å². The van der Waals surface area contributed by atoms with Gasteiger partial charge in [0.25, 0.3) is 11.8 Å². The van der Waals surface area contributed by atoms with Gasteiger partial charge >= 0.3 is 0 Å². The molecule has 5 nitrogen and oxygen atoms in total. The van der Waals surface area contributed by atoms with Gasteiger partial charge in [0.1, 0.15) is 0 Å². The molecule has 0 aliphatic carbocycles. The van der Waals surface area contributed by atoms with E-state index in [-0.39, 0.29) is 11.8 Å². The number of carbonyl (C=O) groups excluding carboxylic acids is 2. The lowest BCUT2D eigenvalue weighted by Crippen LogP contribution is -2.47. The standard InChI is InChI=1S/C21H25N3O2/c1-22-18-10-7-13-24(15-18)21(26)17-9-6-8-16(14-17)20(25)23(2)19-11-4-3-5-12-19/h3-6,8-9,11-12,14,18,22H,7,10,13,15H2,1-2H3. The molecular formula is C21H25N3O2. The number of amides is 2. The summed E-state index contributed by atoms with van der Waals surface area (Å²) in [6.07, 6.45) is 2.08. The maximum atomic E-state index is 12.8. The summed E-state index contributed by atoms with van der Waals surface area (Å²) < 4.78 is 0. The summed E-state index contributed by atoms with van der Waals surface area (Å²) in [4.78, 5) is 29.1. The lowest BCUT2D eigenvalue weighted by atomic mass is 10.0. The van der Waals surface area contributed by atoms with Gasteiger partial charge in [-0.05, 0) is 50.2 Å².